The fraction of sp³-hybridized carbons (Fsp3) is 0.125. The van der Waals surface area contributed by atoms with Gasteiger partial charge in [0.1, 0.15) is 10.6 Å². The molecule has 0 aliphatic rings. The van der Waals surface area contributed by atoms with Crippen molar-refractivity contribution in [3.05, 3.63) is 22.2 Å². The maximum absolute atomic E-state index is 11.2. The van der Waals surface area contributed by atoms with Crippen LogP contribution in [0.4, 0.5) is 0 Å². The first kappa shape index (κ1) is 11.2. The van der Waals surface area contributed by atoms with Gasteiger partial charge >= 0.3 is 0 Å². The lowest BCUT2D eigenvalue weighted by molar-refractivity contribution is 0.112. The van der Waals surface area contributed by atoms with Gasteiger partial charge in [0.15, 0.2) is 16.1 Å². The second-order valence-electron chi connectivity index (χ2n) is 2.73. The molecule has 1 rings (SSSR count). The highest BCUT2D eigenvalue weighted by Crippen LogP contribution is 2.29. The van der Waals surface area contributed by atoms with E-state index in [4.69, 9.17) is 0 Å². The molecular weight excluding hydrogens is 272 g/mol. The highest BCUT2D eigenvalue weighted by Gasteiger charge is 2.16. The lowest BCUT2D eigenvalue weighted by Gasteiger charge is -2.04. The Morgan fingerprint density at radius 1 is 1.43 bits per heavy atom. The molecule has 0 bridgehead atoms. The summed E-state index contributed by atoms with van der Waals surface area (Å²) in [4.78, 5) is 10.2. The Balaban J connectivity index is 3.61. The Kier molecular flexibility index (Phi) is 2.96. The summed E-state index contributed by atoms with van der Waals surface area (Å²) < 4.78 is 22.8. The molecule has 0 spiro atoms. The molecule has 6 heteroatoms. The monoisotopic (exact) mass is 278 g/mol. The van der Waals surface area contributed by atoms with Crippen molar-refractivity contribution in [1.29, 1.82) is 0 Å². The zero-order chi connectivity index (χ0) is 10.9. The second kappa shape index (κ2) is 3.70. The molecule has 76 valence electrons. The van der Waals surface area contributed by atoms with Crippen molar-refractivity contribution >= 4 is 32.1 Å². The molecule has 4 nitrogen and oxygen atoms in total. The Morgan fingerprint density at radius 3 is 2.43 bits per heavy atom. The molecule has 0 heterocycles. The van der Waals surface area contributed by atoms with Gasteiger partial charge in [-0.15, -0.1) is 0 Å². The first-order chi connectivity index (χ1) is 6.36. The summed E-state index contributed by atoms with van der Waals surface area (Å²) in [7, 11) is -3.53. The summed E-state index contributed by atoms with van der Waals surface area (Å²) in [5, 5.41) is 9.42. The minimum atomic E-state index is -3.53. The van der Waals surface area contributed by atoms with E-state index in [9.17, 15) is 18.3 Å². The molecule has 1 aromatic rings. The number of rotatable bonds is 2. The highest BCUT2D eigenvalue weighted by molar-refractivity contribution is 9.10. The predicted octanol–water partition coefficient (Wildman–Crippen LogP) is 1.37. The molecule has 0 atom stereocenters. The van der Waals surface area contributed by atoms with Gasteiger partial charge in [0.05, 0.1) is 5.56 Å². The number of aldehydes is 1. The van der Waals surface area contributed by atoms with Gasteiger partial charge in [0, 0.05) is 10.7 Å². The zero-order valence-electron chi connectivity index (χ0n) is 7.19. The largest absolute Gasteiger partial charge is 0.506 e. The minimum absolute atomic E-state index is 0.0557. The summed E-state index contributed by atoms with van der Waals surface area (Å²) in [5.41, 5.74) is -0.0557. The molecule has 0 unspecified atom stereocenters. The van der Waals surface area contributed by atoms with Crippen LogP contribution in [-0.2, 0) is 9.84 Å². The van der Waals surface area contributed by atoms with Gasteiger partial charge in [0.25, 0.3) is 0 Å². The molecule has 0 saturated heterocycles. The van der Waals surface area contributed by atoms with E-state index < -0.39 is 15.6 Å². The quantitative estimate of drug-likeness (QED) is 0.830. The SMILES string of the molecule is CS(=O)(=O)c1cc(Br)cc(C=O)c1O. The number of phenolic OH excluding ortho intramolecular Hbond substituents is 1. The summed E-state index contributed by atoms with van der Waals surface area (Å²) >= 11 is 3.05. The van der Waals surface area contributed by atoms with Gasteiger partial charge in [-0.25, -0.2) is 8.42 Å². The van der Waals surface area contributed by atoms with Crippen LogP contribution in [0.2, 0.25) is 0 Å². The molecule has 0 aliphatic carbocycles. The molecule has 0 radical (unpaired) electrons. The first-order valence-corrected chi connectivity index (χ1v) is 6.22. The van der Waals surface area contributed by atoms with Gasteiger partial charge in [-0.1, -0.05) is 15.9 Å². The minimum Gasteiger partial charge on any atom is -0.506 e. The van der Waals surface area contributed by atoms with Gasteiger partial charge < -0.3 is 5.11 Å². The van der Waals surface area contributed by atoms with Crippen LogP contribution in [0.25, 0.3) is 0 Å². The van der Waals surface area contributed by atoms with Gasteiger partial charge in [-0.2, -0.15) is 0 Å². The summed E-state index contributed by atoms with van der Waals surface area (Å²) in [6, 6.07) is 2.59. The molecule has 0 aromatic heterocycles. The summed E-state index contributed by atoms with van der Waals surface area (Å²) in [6.07, 6.45) is 1.36. The number of sulfone groups is 1. The molecule has 1 N–H and O–H groups in total. The number of halogens is 1. The van der Waals surface area contributed by atoms with Crippen molar-refractivity contribution in [1.82, 2.24) is 0 Å². The smallest absolute Gasteiger partial charge is 0.179 e. The van der Waals surface area contributed by atoms with E-state index in [-0.39, 0.29) is 10.5 Å². The Hall–Kier alpha value is -0.880. The van der Waals surface area contributed by atoms with E-state index in [0.29, 0.717) is 10.8 Å². The number of benzene rings is 1. The predicted molar refractivity (Wildman–Crippen MR) is 54.3 cm³/mol. The van der Waals surface area contributed by atoms with Gasteiger partial charge in [-0.05, 0) is 12.1 Å². The van der Waals surface area contributed by atoms with Gasteiger partial charge in [-0.3, -0.25) is 4.79 Å². The van der Waals surface area contributed by atoms with Crippen LogP contribution >= 0.6 is 15.9 Å². The molecule has 0 amide bonds. The van der Waals surface area contributed by atoms with Crippen molar-refractivity contribution in [3.63, 3.8) is 0 Å². The molecule has 1 aromatic carbocycles. The van der Waals surface area contributed by atoms with Crippen molar-refractivity contribution < 1.29 is 18.3 Å². The number of aromatic hydroxyl groups is 1. The second-order valence-corrected chi connectivity index (χ2v) is 5.63. The average molecular weight is 279 g/mol. The molecule has 0 fully saturated rings. The Morgan fingerprint density at radius 2 is 2.00 bits per heavy atom. The fourth-order valence-electron chi connectivity index (χ4n) is 0.967. The number of hydrogen-bond donors (Lipinski definition) is 1. The zero-order valence-corrected chi connectivity index (χ0v) is 9.59. The third-order valence-electron chi connectivity index (χ3n) is 1.60. The van der Waals surface area contributed by atoms with Crippen molar-refractivity contribution in [2.75, 3.05) is 6.26 Å². The van der Waals surface area contributed by atoms with Crippen LogP contribution in [0.5, 0.6) is 5.75 Å². The topological polar surface area (TPSA) is 71.4 Å². The molecule has 0 aliphatic heterocycles. The van der Waals surface area contributed by atoms with Gasteiger partial charge in [0.2, 0.25) is 0 Å². The van der Waals surface area contributed by atoms with Crippen molar-refractivity contribution in [3.8, 4) is 5.75 Å². The van der Waals surface area contributed by atoms with Crippen LogP contribution in [0.3, 0.4) is 0 Å². The average Bonchev–Trinajstić information content (AvgIpc) is 2.06. The van der Waals surface area contributed by atoms with Crippen molar-refractivity contribution in [2.24, 2.45) is 0 Å². The van der Waals surface area contributed by atoms with E-state index >= 15 is 0 Å². The van der Waals surface area contributed by atoms with E-state index in [1.54, 1.807) is 0 Å². The fourth-order valence-corrected chi connectivity index (χ4v) is 2.40. The van der Waals surface area contributed by atoms with E-state index in [0.717, 1.165) is 6.26 Å². The Labute approximate surface area is 89.6 Å². The summed E-state index contributed by atoms with van der Waals surface area (Å²) in [5.74, 6) is -0.509. The molecular formula is C8H7BrO4S. The number of hydrogen-bond acceptors (Lipinski definition) is 4. The summed E-state index contributed by atoms with van der Waals surface area (Å²) in [6.45, 7) is 0. The maximum Gasteiger partial charge on any atom is 0.179 e. The Bertz CT molecular complexity index is 478. The van der Waals surface area contributed by atoms with E-state index in [1.807, 2.05) is 0 Å². The van der Waals surface area contributed by atoms with E-state index in [2.05, 4.69) is 15.9 Å². The third kappa shape index (κ3) is 2.13. The number of carbonyl (C=O) groups is 1. The van der Waals surface area contributed by atoms with Crippen molar-refractivity contribution in [2.45, 2.75) is 4.90 Å². The van der Waals surface area contributed by atoms with Crippen LogP contribution in [0, 0.1) is 0 Å². The third-order valence-corrected chi connectivity index (χ3v) is 3.16. The van der Waals surface area contributed by atoms with Crippen LogP contribution in [-0.4, -0.2) is 26.1 Å². The highest BCUT2D eigenvalue weighted by atomic mass is 79.9. The van der Waals surface area contributed by atoms with Crippen LogP contribution in [0.15, 0.2) is 21.5 Å². The molecule has 0 saturated carbocycles. The maximum atomic E-state index is 11.2. The lowest BCUT2D eigenvalue weighted by Crippen LogP contribution is -1.99. The van der Waals surface area contributed by atoms with Crippen LogP contribution < -0.4 is 0 Å². The molecule has 14 heavy (non-hydrogen) atoms. The first-order valence-electron chi connectivity index (χ1n) is 3.54. The number of carbonyl (C=O) groups excluding carboxylic acids is 1. The van der Waals surface area contributed by atoms with E-state index in [1.165, 1.54) is 12.1 Å². The number of phenols is 1. The lowest BCUT2D eigenvalue weighted by atomic mass is 10.2. The van der Waals surface area contributed by atoms with Crippen LogP contribution in [0.1, 0.15) is 10.4 Å². The standard InChI is InChI=1S/C8H7BrO4S/c1-14(12,13)7-3-6(9)2-5(4-10)8(7)11/h2-4,11H,1H3. The normalized spacial score (nSPS) is 11.3.